The number of benzene rings is 2. The lowest BCUT2D eigenvalue weighted by atomic mass is 10.1. The Labute approximate surface area is 149 Å². The second-order valence-corrected chi connectivity index (χ2v) is 5.83. The Bertz CT molecular complexity index is 833. The second kappa shape index (κ2) is 7.45. The van der Waals surface area contributed by atoms with Crippen molar-refractivity contribution in [1.29, 1.82) is 0 Å². The van der Waals surface area contributed by atoms with Crippen LogP contribution in [0, 0.1) is 5.82 Å². The maximum absolute atomic E-state index is 13.3. The first-order valence-electron chi connectivity index (χ1n) is 8.01. The van der Waals surface area contributed by atoms with Crippen molar-refractivity contribution in [2.75, 3.05) is 20.2 Å². The Morgan fingerprint density at radius 3 is 2.35 bits per heavy atom. The lowest BCUT2D eigenvalue weighted by molar-refractivity contribution is -0.122. The van der Waals surface area contributed by atoms with Crippen molar-refractivity contribution in [2.24, 2.45) is 0 Å². The molecular weight excluding hydrogens is 339 g/mol. The van der Waals surface area contributed by atoms with E-state index in [1.807, 2.05) is 0 Å². The van der Waals surface area contributed by atoms with Crippen LogP contribution in [0.5, 0.6) is 0 Å². The van der Waals surface area contributed by atoms with Gasteiger partial charge in [-0.1, -0.05) is 24.3 Å². The summed E-state index contributed by atoms with van der Waals surface area (Å²) in [7, 11) is 1.45. The molecule has 0 aliphatic carbocycles. The van der Waals surface area contributed by atoms with Crippen LogP contribution in [0.4, 0.5) is 4.39 Å². The zero-order valence-corrected chi connectivity index (χ0v) is 14.1. The van der Waals surface area contributed by atoms with E-state index in [-0.39, 0.29) is 13.1 Å². The summed E-state index contributed by atoms with van der Waals surface area (Å²) in [5, 5.41) is 2.61. The maximum Gasteiger partial charge on any atom is 0.262 e. The first-order valence-corrected chi connectivity index (χ1v) is 8.01. The first-order chi connectivity index (χ1) is 12.5. The summed E-state index contributed by atoms with van der Waals surface area (Å²) in [4.78, 5) is 37.6. The van der Waals surface area contributed by atoms with Crippen LogP contribution in [0.1, 0.15) is 32.4 Å². The van der Waals surface area contributed by atoms with Crippen LogP contribution in [0.3, 0.4) is 0 Å². The average molecular weight is 356 g/mol. The molecule has 3 rings (SSSR count). The number of hydrogen-bond acceptors (Lipinski definition) is 4. The van der Waals surface area contributed by atoms with E-state index in [1.54, 1.807) is 36.4 Å². The van der Waals surface area contributed by atoms with Crippen LogP contribution in [0.2, 0.25) is 0 Å². The molecule has 26 heavy (non-hydrogen) atoms. The van der Waals surface area contributed by atoms with Gasteiger partial charge in [0.2, 0.25) is 5.91 Å². The Kier molecular flexibility index (Phi) is 5.09. The third kappa shape index (κ3) is 3.48. The highest BCUT2D eigenvalue weighted by atomic mass is 19.1. The highest BCUT2D eigenvalue weighted by Crippen LogP contribution is 2.22. The van der Waals surface area contributed by atoms with Crippen molar-refractivity contribution >= 4 is 17.7 Å². The van der Waals surface area contributed by atoms with Gasteiger partial charge in [-0.15, -0.1) is 0 Å². The summed E-state index contributed by atoms with van der Waals surface area (Å²) in [5.74, 6) is -1.89. The molecule has 0 spiro atoms. The second-order valence-electron chi connectivity index (χ2n) is 5.83. The molecule has 0 aromatic heterocycles. The molecule has 2 aromatic carbocycles. The number of amides is 3. The lowest BCUT2D eigenvalue weighted by Gasteiger charge is -2.18. The highest BCUT2D eigenvalue weighted by molar-refractivity contribution is 6.22. The van der Waals surface area contributed by atoms with Gasteiger partial charge in [0.15, 0.2) is 0 Å². The SMILES string of the molecule is COC(CNC(=O)CN1C(=O)c2ccccc2C1=O)c1cccc(F)c1. The normalized spacial score (nSPS) is 14.3. The third-order valence-electron chi connectivity index (χ3n) is 4.17. The number of methoxy groups -OCH3 is 1. The van der Waals surface area contributed by atoms with Crippen LogP contribution >= 0.6 is 0 Å². The van der Waals surface area contributed by atoms with Crippen molar-refractivity contribution in [3.8, 4) is 0 Å². The predicted octanol–water partition coefficient (Wildman–Crippen LogP) is 1.93. The van der Waals surface area contributed by atoms with Crippen molar-refractivity contribution in [3.05, 3.63) is 71.0 Å². The van der Waals surface area contributed by atoms with Crippen molar-refractivity contribution in [1.82, 2.24) is 10.2 Å². The van der Waals surface area contributed by atoms with Crippen LogP contribution in [0.15, 0.2) is 48.5 Å². The van der Waals surface area contributed by atoms with Crippen molar-refractivity contribution in [3.63, 3.8) is 0 Å². The van der Waals surface area contributed by atoms with Crippen LogP contribution < -0.4 is 5.32 Å². The standard InChI is InChI=1S/C19H17FN2O4/c1-26-16(12-5-4-6-13(20)9-12)10-21-17(23)11-22-18(24)14-7-2-3-8-15(14)19(22)25/h2-9,16H,10-11H2,1H3,(H,21,23). The molecule has 0 radical (unpaired) electrons. The van der Waals surface area contributed by atoms with E-state index in [2.05, 4.69) is 5.32 Å². The van der Waals surface area contributed by atoms with Crippen molar-refractivity contribution < 1.29 is 23.5 Å². The quantitative estimate of drug-likeness (QED) is 0.803. The molecule has 134 valence electrons. The number of nitrogens with zero attached hydrogens (tertiary/aromatic N) is 1. The number of hydrogen-bond donors (Lipinski definition) is 1. The van der Waals surface area contributed by atoms with E-state index in [4.69, 9.17) is 4.74 Å². The van der Waals surface area contributed by atoms with E-state index in [0.717, 1.165) is 4.90 Å². The van der Waals surface area contributed by atoms with Crippen molar-refractivity contribution in [2.45, 2.75) is 6.10 Å². The summed E-state index contributed by atoms with van der Waals surface area (Å²) in [6, 6.07) is 12.3. The zero-order chi connectivity index (χ0) is 18.7. The number of nitrogens with one attached hydrogen (secondary N) is 1. The third-order valence-corrected chi connectivity index (χ3v) is 4.17. The van der Waals surface area contributed by atoms with Gasteiger partial charge in [0.1, 0.15) is 12.4 Å². The minimum atomic E-state index is -0.545. The molecule has 1 atom stereocenters. The van der Waals surface area contributed by atoms with Gasteiger partial charge in [0.05, 0.1) is 17.2 Å². The molecule has 0 saturated heterocycles. The van der Waals surface area contributed by atoms with Gasteiger partial charge in [-0.05, 0) is 29.8 Å². The van der Waals surface area contributed by atoms with Gasteiger partial charge in [-0.3, -0.25) is 19.3 Å². The molecule has 2 aromatic rings. The molecule has 1 unspecified atom stereocenters. The summed E-state index contributed by atoms with van der Waals surface area (Å²) < 4.78 is 18.6. The largest absolute Gasteiger partial charge is 0.375 e. The molecular formula is C19H17FN2O4. The highest BCUT2D eigenvalue weighted by Gasteiger charge is 2.36. The molecule has 1 aliphatic heterocycles. The molecule has 6 nitrogen and oxygen atoms in total. The Morgan fingerprint density at radius 2 is 1.77 bits per heavy atom. The topological polar surface area (TPSA) is 75.7 Å². The van der Waals surface area contributed by atoms with Gasteiger partial charge in [-0.2, -0.15) is 0 Å². The molecule has 1 heterocycles. The zero-order valence-electron chi connectivity index (χ0n) is 14.1. The number of carbonyl (C=O) groups excluding carboxylic acids is 3. The number of carbonyl (C=O) groups is 3. The first kappa shape index (κ1) is 17.8. The van der Waals surface area contributed by atoms with E-state index in [0.29, 0.717) is 16.7 Å². The van der Waals surface area contributed by atoms with Crippen LogP contribution in [-0.4, -0.2) is 42.8 Å². The molecule has 0 bridgehead atoms. The van der Waals surface area contributed by atoms with Gasteiger partial charge in [0, 0.05) is 13.7 Å². The molecule has 3 amide bonds. The number of rotatable bonds is 6. The van der Waals surface area contributed by atoms with Gasteiger partial charge in [0.25, 0.3) is 11.8 Å². The summed E-state index contributed by atoms with van der Waals surface area (Å²) in [6.07, 6.45) is -0.545. The van der Waals surface area contributed by atoms with E-state index in [9.17, 15) is 18.8 Å². The number of fused-ring (bicyclic) bond motifs is 1. The number of ether oxygens (including phenoxy) is 1. The Balaban J connectivity index is 1.61. The molecule has 1 N–H and O–H groups in total. The maximum atomic E-state index is 13.3. The fraction of sp³-hybridized carbons (Fsp3) is 0.211. The van der Waals surface area contributed by atoms with Crippen LogP contribution in [-0.2, 0) is 9.53 Å². The smallest absolute Gasteiger partial charge is 0.262 e. The van der Waals surface area contributed by atoms with Gasteiger partial charge >= 0.3 is 0 Å². The monoisotopic (exact) mass is 356 g/mol. The Hall–Kier alpha value is -3.06. The summed E-state index contributed by atoms with van der Waals surface area (Å²) in [6.45, 7) is -0.298. The fourth-order valence-electron chi connectivity index (χ4n) is 2.83. The number of imide groups is 1. The molecule has 0 fully saturated rings. The van der Waals surface area contributed by atoms with Gasteiger partial charge in [-0.25, -0.2) is 4.39 Å². The van der Waals surface area contributed by atoms with E-state index >= 15 is 0 Å². The van der Waals surface area contributed by atoms with Crippen LogP contribution in [0.25, 0.3) is 0 Å². The fourth-order valence-corrected chi connectivity index (χ4v) is 2.83. The molecule has 1 aliphatic rings. The van der Waals surface area contributed by atoms with E-state index < -0.39 is 29.6 Å². The minimum absolute atomic E-state index is 0.0853. The molecule has 7 heteroatoms. The lowest BCUT2D eigenvalue weighted by Crippen LogP contribution is -2.41. The summed E-state index contributed by atoms with van der Waals surface area (Å²) in [5.41, 5.74) is 1.16. The number of halogens is 1. The predicted molar refractivity (Wildman–Crippen MR) is 91.0 cm³/mol. The van der Waals surface area contributed by atoms with Gasteiger partial charge < -0.3 is 10.1 Å². The average Bonchev–Trinajstić information content (AvgIpc) is 2.88. The van der Waals surface area contributed by atoms with E-state index in [1.165, 1.54) is 19.2 Å². The molecule has 0 saturated carbocycles. The Morgan fingerprint density at radius 1 is 1.12 bits per heavy atom. The minimum Gasteiger partial charge on any atom is -0.375 e. The summed E-state index contributed by atoms with van der Waals surface area (Å²) >= 11 is 0.